The fourth-order valence-corrected chi connectivity index (χ4v) is 4.71. The van der Waals surface area contributed by atoms with Gasteiger partial charge in [0.05, 0.1) is 18.6 Å². The number of ether oxygens (including phenoxy) is 1. The SMILES string of the molecule is COc1ccc(-c2nnc(SCC(=O)Nc3cc(C(C)C)no3)n2C2CCCCC2)cc1. The summed E-state index contributed by atoms with van der Waals surface area (Å²) < 4.78 is 12.7. The second-order valence-corrected chi connectivity index (χ2v) is 9.25. The van der Waals surface area contributed by atoms with Crippen molar-refractivity contribution >= 4 is 23.6 Å². The van der Waals surface area contributed by atoms with Gasteiger partial charge in [0.15, 0.2) is 11.0 Å². The molecule has 1 N–H and O–H groups in total. The van der Waals surface area contributed by atoms with Crippen LogP contribution in [-0.2, 0) is 4.79 Å². The predicted molar refractivity (Wildman–Crippen MR) is 124 cm³/mol. The summed E-state index contributed by atoms with van der Waals surface area (Å²) in [5.41, 5.74) is 1.80. The third kappa shape index (κ3) is 5.15. The van der Waals surface area contributed by atoms with Gasteiger partial charge >= 0.3 is 0 Å². The van der Waals surface area contributed by atoms with E-state index in [0.29, 0.717) is 11.9 Å². The number of benzene rings is 1. The first kappa shape index (κ1) is 22.4. The molecule has 0 radical (unpaired) electrons. The smallest absolute Gasteiger partial charge is 0.237 e. The van der Waals surface area contributed by atoms with Crippen LogP contribution in [0.4, 0.5) is 5.88 Å². The maximum Gasteiger partial charge on any atom is 0.237 e. The van der Waals surface area contributed by atoms with Crippen molar-refractivity contribution in [3.05, 3.63) is 36.0 Å². The van der Waals surface area contributed by atoms with Crippen molar-refractivity contribution < 1.29 is 14.1 Å². The Morgan fingerprint density at radius 3 is 2.62 bits per heavy atom. The van der Waals surface area contributed by atoms with Crippen molar-refractivity contribution in [2.24, 2.45) is 0 Å². The number of aromatic nitrogens is 4. The molecule has 4 rings (SSSR count). The molecular weight excluding hydrogens is 426 g/mol. The van der Waals surface area contributed by atoms with E-state index in [-0.39, 0.29) is 17.6 Å². The largest absolute Gasteiger partial charge is 0.497 e. The topological polar surface area (TPSA) is 95.1 Å². The van der Waals surface area contributed by atoms with Crippen LogP contribution in [0.3, 0.4) is 0 Å². The summed E-state index contributed by atoms with van der Waals surface area (Å²) >= 11 is 1.39. The van der Waals surface area contributed by atoms with Gasteiger partial charge in [-0.15, -0.1) is 10.2 Å². The van der Waals surface area contributed by atoms with Gasteiger partial charge in [0.25, 0.3) is 0 Å². The van der Waals surface area contributed by atoms with E-state index in [2.05, 4.69) is 25.2 Å². The molecule has 0 bridgehead atoms. The molecule has 0 unspecified atom stereocenters. The minimum atomic E-state index is -0.161. The number of methoxy groups -OCH3 is 1. The van der Waals surface area contributed by atoms with E-state index < -0.39 is 0 Å². The van der Waals surface area contributed by atoms with Gasteiger partial charge in [0, 0.05) is 17.7 Å². The molecule has 0 atom stereocenters. The molecule has 8 nitrogen and oxygen atoms in total. The average molecular weight is 456 g/mol. The number of anilines is 1. The lowest BCUT2D eigenvalue weighted by molar-refractivity contribution is -0.113. The molecule has 0 saturated heterocycles. The first-order chi connectivity index (χ1) is 15.5. The molecule has 1 amide bonds. The van der Waals surface area contributed by atoms with Gasteiger partial charge in [0.1, 0.15) is 5.75 Å². The zero-order valence-electron chi connectivity index (χ0n) is 18.7. The van der Waals surface area contributed by atoms with Crippen LogP contribution in [0, 0.1) is 0 Å². The van der Waals surface area contributed by atoms with Crippen LogP contribution in [0.5, 0.6) is 5.75 Å². The molecule has 9 heteroatoms. The summed E-state index contributed by atoms with van der Waals surface area (Å²) in [5.74, 6) is 2.29. The monoisotopic (exact) mass is 455 g/mol. The average Bonchev–Trinajstić information content (AvgIpc) is 3.46. The molecule has 1 fully saturated rings. The molecule has 32 heavy (non-hydrogen) atoms. The maximum atomic E-state index is 12.5. The lowest BCUT2D eigenvalue weighted by Crippen LogP contribution is -2.17. The first-order valence-electron chi connectivity index (χ1n) is 11.0. The summed E-state index contributed by atoms with van der Waals surface area (Å²) in [6, 6.07) is 9.96. The number of hydrogen-bond acceptors (Lipinski definition) is 7. The van der Waals surface area contributed by atoms with E-state index in [9.17, 15) is 4.79 Å². The van der Waals surface area contributed by atoms with E-state index in [1.807, 2.05) is 38.1 Å². The van der Waals surface area contributed by atoms with Crippen LogP contribution < -0.4 is 10.1 Å². The highest BCUT2D eigenvalue weighted by Gasteiger charge is 2.24. The lowest BCUT2D eigenvalue weighted by Gasteiger charge is -2.25. The number of thioether (sulfide) groups is 1. The van der Waals surface area contributed by atoms with Gasteiger partial charge in [-0.1, -0.05) is 50.0 Å². The van der Waals surface area contributed by atoms with E-state index in [4.69, 9.17) is 9.26 Å². The molecule has 1 saturated carbocycles. The lowest BCUT2D eigenvalue weighted by atomic mass is 9.95. The minimum Gasteiger partial charge on any atom is -0.497 e. The van der Waals surface area contributed by atoms with E-state index in [0.717, 1.165) is 40.8 Å². The van der Waals surface area contributed by atoms with Crippen LogP contribution in [0.25, 0.3) is 11.4 Å². The first-order valence-corrected chi connectivity index (χ1v) is 12.0. The Kier molecular flexibility index (Phi) is 7.14. The molecule has 1 aliphatic carbocycles. The minimum absolute atomic E-state index is 0.161. The summed E-state index contributed by atoms with van der Waals surface area (Å²) in [7, 11) is 1.65. The fraction of sp³-hybridized carbons (Fsp3) is 0.478. The van der Waals surface area contributed by atoms with Crippen LogP contribution >= 0.6 is 11.8 Å². The second-order valence-electron chi connectivity index (χ2n) is 8.30. The zero-order chi connectivity index (χ0) is 22.5. The van der Waals surface area contributed by atoms with E-state index in [1.165, 1.54) is 31.0 Å². The molecule has 0 spiro atoms. The van der Waals surface area contributed by atoms with Gasteiger partial charge in [-0.05, 0) is 43.0 Å². The van der Waals surface area contributed by atoms with Crippen LogP contribution in [0.15, 0.2) is 40.0 Å². The third-order valence-electron chi connectivity index (χ3n) is 5.67. The van der Waals surface area contributed by atoms with E-state index >= 15 is 0 Å². The molecule has 1 aliphatic rings. The number of nitrogens with zero attached hydrogens (tertiary/aromatic N) is 4. The normalized spacial score (nSPS) is 14.6. The molecular formula is C23H29N5O3S. The molecule has 3 aromatic rings. The highest BCUT2D eigenvalue weighted by Crippen LogP contribution is 2.36. The second kappa shape index (κ2) is 10.2. The van der Waals surface area contributed by atoms with Crippen molar-refractivity contribution in [2.45, 2.75) is 63.1 Å². The zero-order valence-corrected chi connectivity index (χ0v) is 19.5. The Balaban J connectivity index is 1.50. The Morgan fingerprint density at radius 2 is 1.97 bits per heavy atom. The van der Waals surface area contributed by atoms with Crippen molar-refractivity contribution in [3.63, 3.8) is 0 Å². The Morgan fingerprint density at radius 1 is 1.22 bits per heavy atom. The maximum absolute atomic E-state index is 12.5. The number of nitrogens with one attached hydrogen (secondary N) is 1. The summed E-state index contributed by atoms with van der Waals surface area (Å²) in [5, 5.41) is 16.5. The number of hydrogen-bond donors (Lipinski definition) is 1. The number of rotatable bonds is 8. The van der Waals surface area contributed by atoms with Crippen LogP contribution in [-0.4, -0.2) is 38.7 Å². The van der Waals surface area contributed by atoms with Crippen molar-refractivity contribution in [2.75, 3.05) is 18.2 Å². The van der Waals surface area contributed by atoms with Crippen molar-refractivity contribution in [3.8, 4) is 17.1 Å². The van der Waals surface area contributed by atoms with E-state index in [1.54, 1.807) is 13.2 Å². The van der Waals surface area contributed by atoms with Gasteiger partial charge < -0.3 is 9.26 Å². The third-order valence-corrected chi connectivity index (χ3v) is 6.61. The summed E-state index contributed by atoms with van der Waals surface area (Å²) in [6.07, 6.45) is 5.84. The van der Waals surface area contributed by atoms with Gasteiger partial charge in [-0.3, -0.25) is 14.7 Å². The Hall–Kier alpha value is -2.81. The van der Waals surface area contributed by atoms with Crippen molar-refractivity contribution in [1.29, 1.82) is 0 Å². The predicted octanol–water partition coefficient (Wildman–Crippen LogP) is 5.30. The highest BCUT2D eigenvalue weighted by atomic mass is 32.2. The summed E-state index contributed by atoms with van der Waals surface area (Å²) in [6.45, 7) is 4.05. The Labute approximate surface area is 192 Å². The van der Waals surface area contributed by atoms with Crippen molar-refractivity contribution in [1.82, 2.24) is 19.9 Å². The number of carbonyl (C=O) groups is 1. The highest BCUT2D eigenvalue weighted by molar-refractivity contribution is 7.99. The summed E-state index contributed by atoms with van der Waals surface area (Å²) in [4.78, 5) is 12.5. The molecule has 2 aromatic heterocycles. The van der Waals surface area contributed by atoms with Gasteiger partial charge in [0.2, 0.25) is 11.8 Å². The quantitative estimate of drug-likeness (QED) is 0.460. The Bertz CT molecular complexity index is 1040. The van der Waals surface area contributed by atoms with Gasteiger partial charge in [-0.25, -0.2) is 0 Å². The number of carbonyl (C=O) groups excluding carboxylic acids is 1. The standard InChI is InChI=1S/C23H29N5O3S/c1-15(2)19-13-21(31-27-19)24-20(29)14-32-23-26-25-22(16-9-11-18(30-3)12-10-16)28(23)17-7-5-4-6-8-17/h9-13,15,17H,4-8,14H2,1-3H3,(H,24,29). The van der Waals surface area contributed by atoms with Crippen LogP contribution in [0.2, 0.25) is 0 Å². The van der Waals surface area contributed by atoms with Gasteiger partial charge in [-0.2, -0.15) is 0 Å². The molecule has 2 heterocycles. The molecule has 170 valence electrons. The molecule has 1 aromatic carbocycles. The van der Waals surface area contributed by atoms with Crippen LogP contribution in [0.1, 0.15) is 63.6 Å². The fourth-order valence-electron chi connectivity index (χ4n) is 3.90. The molecule has 0 aliphatic heterocycles. The number of amides is 1.